The Kier molecular flexibility index (Phi) is 6.35. The van der Waals surface area contributed by atoms with Crippen molar-refractivity contribution in [3.05, 3.63) is 11.6 Å². The molecule has 0 aromatic rings. The molecule has 4 rings (SSSR count). The molecule has 0 aromatic carbocycles. The Morgan fingerprint density at radius 3 is 2.16 bits per heavy atom. The molecule has 0 aromatic heterocycles. The van der Waals surface area contributed by atoms with Crippen LogP contribution >= 0.6 is 0 Å². The molecule has 3 saturated carbocycles. The molecule has 4 aliphatic carbocycles. The van der Waals surface area contributed by atoms with Crippen LogP contribution in [0.4, 0.5) is 0 Å². The Bertz CT molecular complexity index is 779. The molecule has 0 heterocycles. The second-order valence-corrected chi connectivity index (χ2v) is 22.9. The molecule has 3 nitrogen and oxygen atoms in total. The maximum Gasteiger partial charge on any atom is 0.184 e. The molecule has 5 unspecified atom stereocenters. The Balaban J connectivity index is 1.71. The number of hydrogen-bond acceptors (Lipinski definition) is 3. The van der Waals surface area contributed by atoms with Crippen LogP contribution in [0.15, 0.2) is 11.6 Å². The second kappa shape index (κ2) is 8.17. The van der Waals surface area contributed by atoms with Crippen LogP contribution in [0.1, 0.15) is 65.7 Å². The van der Waals surface area contributed by atoms with Gasteiger partial charge in [0.05, 0.1) is 6.10 Å². The quantitative estimate of drug-likeness (QED) is 0.311. The number of ketones is 1. The molecule has 8 atom stereocenters. The van der Waals surface area contributed by atoms with Crippen molar-refractivity contribution in [2.75, 3.05) is 0 Å². The normalized spacial score (nSPS) is 44.3. The van der Waals surface area contributed by atoms with Gasteiger partial charge in [0.25, 0.3) is 0 Å². The van der Waals surface area contributed by atoms with Crippen molar-refractivity contribution in [1.82, 2.24) is 0 Å². The van der Waals surface area contributed by atoms with Crippen molar-refractivity contribution in [3.8, 4) is 0 Å². The monoisotopic (exact) mass is 476 g/mol. The zero-order valence-electron chi connectivity index (χ0n) is 22.2. The molecule has 0 N–H and O–H groups in total. The zero-order chi connectivity index (χ0) is 23.7. The summed E-state index contributed by atoms with van der Waals surface area (Å²) in [5, 5.41) is 0. The topological polar surface area (TPSA) is 35.5 Å². The number of carbonyl (C=O) groups excluding carboxylic acids is 1. The van der Waals surface area contributed by atoms with Crippen LogP contribution < -0.4 is 0 Å². The lowest BCUT2D eigenvalue weighted by molar-refractivity contribution is -0.130. The molecule has 0 amide bonds. The Morgan fingerprint density at radius 1 is 0.906 bits per heavy atom. The third-order valence-corrected chi connectivity index (χ3v) is 11.6. The van der Waals surface area contributed by atoms with Crippen LogP contribution in [-0.4, -0.2) is 34.6 Å². The van der Waals surface area contributed by atoms with E-state index in [4.69, 9.17) is 8.85 Å². The van der Waals surface area contributed by atoms with Gasteiger partial charge in [-0.3, -0.25) is 4.79 Å². The minimum atomic E-state index is -1.70. The van der Waals surface area contributed by atoms with E-state index in [0.717, 1.165) is 12.8 Å². The summed E-state index contributed by atoms with van der Waals surface area (Å²) in [7, 11) is -3.24. The predicted octanol–water partition coefficient (Wildman–Crippen LogP) is 7.20. The van der Waals surface area contributed by atoms with Crippen molar-refractivity contribution in [2.24, 2.45) is 34.5 Å². The Hall–Kier alpha value is -0.236. The van der Waals surface area contributed by atoms with Crippen LogP contribution in [0.2, 0.25) is 39.3 Å². The van der Waals surface area contributed by atoms with E-state index in [2.05, 4.69) is 59.2 Å². The van der Waals surface area contributed by atoms with E-state index < -0.39 is 16.6 Å². The van der Waals surface area contributed by atoms with Crippen molar-refractivity contribution in [2.45, 2.75) is 117 Å². The first-order valence-electron chi connectivity index (χ1n) is 13.2. The summed E-state index contributed by atoms with van der Waals surface area (Å²) in [4.78, 5) is 12.6. The van der Waals surface area contributed by atoms with Crippen LogP contribution in [0.25, 0.3) is 0 Å². The van der Waals surface area contributed by atoms with Gasteiger partial charge in [0, 0.05) is 12.0 Å². The molecule has 0 radical (unpaired) electrons. The standard InChI is InChI=1S/C27H48O3Si2/c1-18(28)21-10-11-22-25-23(13-15-27(21,22)3)26(2)14-12-20(29-31(4,5)6)16-19(26)17-24(25)30-32(7,8)9/h17,20-25H,10-16H2,1-9H3/t20-,21?,22?,23?,24?,25?,26-,27+/m0/s1. The molecule has 0 saturated heterocycles. The molecule has 0 aliphatic heterocycles. The van der Waals surface area contributed by atoms with Gasteiger partial charge < -0.3 is 8.85 Å². The van der Waals surface area contributed by atoms with Crippen LogP contribution in [0.5, 0.6) is 0 Å². The minimum Gasteiger partial charge on any atom is -0.414 e. The number of Topliss-reactive ketones (excluding diaryl/α,β-unsaturated/α-hetero) is 1. The van der Waals surface area contributed by atoms with Crippen LogP contribution in [0.3, 0.4) is 0 Å². The molecule has 182 valence electrons. The lowest BCUT2D eigenvalue weighted by Gasteiger charge is -2.60. The van der Waals surface area contributed by atoms with Gasteiger partial charge in [-0.1, -0.05) is 25.5 Å². The van der Waals surface area contributed by atoms with E-state index in [1.165, 1.54) is 32.1 Å². The first-order chi connectivity index (χ1) is 14.6. The summed E-state index contributed by atoms with van der Waals surface area (Å²) in [5.74, 6) is 2.52. The Morgan fingerprint density at radius 2 is 1.56 bits per heavy atom. The van der Waals surface area contributed by atoms with E-state index >= 15 is 0 Å². The van der Waals surface area contributed by atoms with Crippen LogP contribution in [-0.2, 0) is 13.6 Å². The second-order valence-electron chi connectivity index (χ2n) is 14.0. The summed E-state index contributed by atoms with van der Waals surface area (Å²) in [6.45, 7) is 20.8. The highest BCUT2D eigenvalue weighted by Crippen LogP contribution is 2.66. The highest BCUT2D eigenvalue weighted by molar-refractivity contribution is 6.70. The molecule has 32 heavy (non-hydrogen) atoms. The number of rotatable bonds is 5. The fraction of sp³-hybridized carbons (Fsp3) is 0.889. The summed E-state index contributed by atoms with van der Waals surface area (Å²) in [6.07, 6.45) is 11.4. The Labute approximate surface area is 199 Å². The lowest BCUT2D eigenvalue weighted by Crippen LogP contribution is -2.57. The third kappa shape index (κ3) is 4.41. The van der Waals surface area contributed by atoms with Gasteiger partial charge in [0.1, 0.15) is 5.78 Å². The maximum atomic E-state index is 12.6. The van der Waals surface area contributed by atoms with Gasteiger partial charge in [-0.05, 0) is 120 Å². The summed E-state index contributed by atoms with van der Waals surface area (Å²) in [5.41, 5.74) is 2.06. The van der Waals surface area contributed by atoms with Crippen LogP contribution in [0, 0.1) is 34.5 Å². The summed E-state index contributed by atoms with van der Waals surface area (Å²) < 4.78 is 13.6. The SMILES string of the molecule is CC(=O)C1CCC2C3C(O[Si](C)(C)C)C=C4C[C@@H](O[Si](C)(C)C)CC[C@]4(C)C3CC[C@]12C. The molecule has 0 spiro atoms. The van der Waals surface area contributed by atoms with Gasteiger partial charge >= 0.3 is 0 Å². The van der Waals surface area contributed by atoms with E-state index in [0.29, 0.717) is 29.6 Å². The molecule has 3 fully saturated rings. The first kappa shape index (κ1) is 24.9. The van der Waals surface area contributed by atoms with E-state index in [9.17, 15) is 4.79 Å². The highest BCUT2D eigenvalue weighted by atomic mass is 28.4. The third-order valence-electron chi connectivity index (χ3n) is 9.56. The maximum absolute atomic E-state index is 12.6. The lowest BCUT2D eigenvalue weighted by atomic mass is 9.46. The van der Waals surface area contributed by atoms with Crippen molar-refractivity contribution < 1.29 is 13.6 Å². The average molecular weight is 477 g/mol. The van der Waals surface area contributed by atoms with Gasteiger partial charge in [0.2, 0.25) is 0 Å². The number of fused-ring (bicyclic) bond motifs is 5. The van der Waals surface area contributed by atoms with Gasteiger partial charge in [0.15, 0.2) is 16.6 Å². The fourth-order valence-corrected chi connectivity index (χ4v) is 10.6. The summed E-state index contributed by atoms with van der Waals surface area (Å²) in [6, 6.07) is 0. The van der Waals surface area contributed by atoms with Crippen molar-refractivity contribution >= 4 is 22.4 Å². The largest absolute Gasteiger partial charge is 0.414 e. The molecular weight excluding hydrogens is 428 g/mol. The van der Waals surface area contributed by atoms with E-state index in [-0.39, 0.29) is 22.9 Å². The first-order valence-corrected chi connectivity index (χ1v) is 20.0. The zero-order valence-corrected chi connectivity index (χ0v) is 24.2. The van der Waals surface area contributed by atoms with Crippen molar-refractivity contribution in [1.29, 1.82) is 0 Å². The van der Waals surface area contributed by atoms with Gasteiger partial charge in [-0.15, -0.1) is 0 Å². The highest BCUT2D eigenvalue weighted by Gasteiger charge is 2.62. The molecule has 4 aliphatic rings. The smallest absolute Gasteiger partial charge is 0.184 e. The molecule has 0 bridgehead atoms. The summed E-state index contributed by atoms with van der Waals surface area (Å²) >= 11 is 0. The van der Waals surface area contributed by atoms with Gasteiger partial charge in [-0.25, -0.2) is 0 Å². The molecule has 5 heteroatoms. The van der Waals surface area contributed by atoms with Gasteiger partial charge in [-0.2, -0.15) is 0 Å². The predicted molar refractivity (Wildman–Crippen MR) is 138 cm³/mol. The minimum absolute atomic E-state index is 0.161. The van der Waals surface area contributed by atoms with E-state index in [1.807, 2.05) is 6.92 Å². The number of hydrogen-bond donors (Lipinski definition) is 0. The van der Waals surface area contributed by atoms with Crippen molar-refractivity contribution in [3.63, 3.8) is 0 Å². The van der Waals surface area contributed by atoms with E-state index in [1.54, 1.807) is 5.57 Å². The molecular formula is C27H48O3Si2. The fourth-order valence-electron chi connectivity index (χ4n) is 8.38. The number of carbonyl (C=O) groups is 1. The average Bonchev–Trinajstić information content (AvgIpc) is 2.97.